The first kappa shape index (κ1) is 15.3. The summed E-state index contributed by atoms with van der Waals surface area (Å²) in [5, 5.41) is 9.72. The summed E-state index contributed by atoms with van der Waals surface area (Å²) in [6, 6.07) is 2.96. The van der Waals surface area contributed by atoms with E-state index in [4.69, 9.17) is 4.74 Å². The molecular formula is C15H18FNO4. The lowest BCUT2D eigenvalue weighted by Gasteiger charge is -2.34. The number of halogens is 1. The second-order valence-corrected chi connectivity index (χ2v) is 4.90. The molecule has 1 aliphatic heterocycles. The number of esters is 1. The van der Waals surface area contributed by atoms with Gasteiger partial charge in [-0.2, -0.15) is 0 Å². The zero-order valence-electron chi connectivity index (χ0n) is 11.8. The molecule has 1 amide bonds. The van der Waals surface area contributed by atoms with Crippen LogP contribution in [0.3, 0.4) is 0 Å². The molecule has 1 fully saturated rings. The van der Waals surface area contributed by atoms with Crippen LogP contribution in [0, 0.1) is 5.82 Å². The number of nitrogens with zero attached hydrogens (tertiary/aromatic N) is 1. The Labute approximate surface area is 122 Å². The van der Waals surface area contributed by atoms with E-state index in [0.29, 0.717) is 13.0 Å². The van der Waals surface area contributed by atoms with Crippen LogP contribution in [0.4, 0.5) is 4.39 Å². The quantitative estimate of drug-likeness (QED) is 0.867. The van der Waals surface area contributed by atoms with Crippen LogP contribution in [0.15, 0.2) is 18.2 Å². The number of ether oxygens (including phenoxy) is 1. The van der Waals surface area contributed by atoms with Crippen molar-refractivity contribution in [2.24, 2.45) is 0 Å². The van der Waals surface area contributed by atoms with Crippen molar-refractivity contribution >= 4 is 11.9 Å². The zero-order valence-corrected chi connectivity index (χ0v) is 11.8. The monoisotopic (exact) mass is 295 g/mol. The number of hydrogen-bond acceptors (Lipinski definition) is 4. The minimum absolute atomic E-state index is 0.225. The van der Waals surface area contributed by atoms with Crippen molar-refractivity contribution in [2.45, 2.75) is 32.2 Å². The molecule has 114 valence electrons. The summed E-state index contributed by atoms with van der Waals surface area (Å²) in [7, 11) is 0. The number of carbonyl (C=O) groups excluding carboxylic acids is 2. The molecule has 21 heavy (non-hydrogen) atoms. The van der Waals surface area contributed by atoms with E-state index in [0.717, 1.165) is 18.9 Å². The summed E-state index contributed by atoms with van der Waals surface area (Å²) >= 11 is 0. The topological polar surface area (TPSA) is 66.8 Å². The fraction of sp³-hybridized carbons (Fsp3) is 0.467. The van der Waals surface area contributed by atoms with E-state index in [9.17, 15) is 19.1 Å². The van der Waals surface area contributed by atoms with E-state index >= 15 is 0 Å². The maximum absolute atomic E-state index is 13.8. The standard InChI is InChI=1S/C15H18FNO4/c1-2-21-15(20)11-7-3-4-9-17(11)14(19)13-10(16)6-5-8-12(13)18/h5-6,8,11,18H,2-4,7,9H2,1H3. The van der Waals surface area contributed by atoms with Crippen LogP contribution in [0.25, 0.3) is 0 Å². The second kappa shape index (κ2) is 6.56. The lowest BCUT2D eigenvalue weighted by Crippen LogP contribution is -2.48. The van der Waals surface area contributed by atoms with Gasteiger partial charge in [-0.15, -0.1) is 0 Å². The van der Waals surface area contributed by atoms with Gasteiger partial charge in [0.1, 0.15) is 23.2 Å². The third-order valence-electron chi connectivity index (χ3n) is 3.53. The molecule has 1 aromatic rings. The largest absolute Gasteiger partial charge is 0.507 e. The van der Waals surface area contributed by atoms with Gasteiger partial charge in [0, 0.05) is 6.54 Å². The SMILES string of the molecule is CCOC(=O)C1CCCCN1C(=O)c1c(O)cccc1F. The third kappa shape index (κ3) is 3.15. The first-order valence-corrected chi connectivity index (χ1v) is 7.01. The number of phenols is 1. The van der Waals surface area contributed by atoms with Crippen molar-refractivity contribution in [3.63, 3.8) is 0 Å². The molecule has 1 aromatic carbocycles. The Morgan fingerprint density at radius 2 is 2.19 bits per heavy atom. The Hall–Kier alpha value is -2.11. The van der Waals surface area contributed by atoms with E-state index in [1.807, 2.05) is 0 Å². The van der Waals surface area contributed by atoms with Crippen LogP contribution in [0.1, 0.15) is 36.5 Å². The van der Waals surface area contributed by atoms with Crippen molar-refractivity contribution in [2.75, 3.05) is 13.2 Å². The van der Waals surface area contributed by atoms with Gasteiger partial charge >= 0.3 is 5.97 Å². The zero-order chi connectivity index (χ0) is 15.4. The molecule has 1 saturated heterocycles. The Kier molecular flexibility index (Phi) is 4.77. The van der Waals surface area contributed by atoms with Gasteiger partial charge < -0.3 is 14.7 Å². The molecule has 1 heterocycles. The first-order chi connectivity index (χ1) is 10.1. The lowest BCUT2D eigenvalue weighted by molar-refractivity contribution is -0.149. The van der Waals surface area contributed by atoms with Gasteiger partial charge in [-0.1, -0.05) is 6.07 Å². The summed E-state index contributed by atoms with van der Waals surface area (Å²) < 4.78 is 18.8. The van der Waals surface area contributed by atoms with E-state index in [2.05, 4.69) is 0 Å². The van der Waals surface area contributed by atoms with Crippen LogP contribution in [0.2, 0.25) is 0 Å². The molecule has 0 spiro atoms. The smallest absolute Gasteiger partial charge is 0.328 e. The molecule has 0 radical (unpaired) electrons. The molecule has 1 N–H and O–H groups in total. The van der Waals surface area contributed by atoms with Crippen LogP contribution in [0.5, 0.6) is 5.75 Å². The number of phenolic OH excluding ortho intramolecular Hbond substituents is 1. The van der Waals surface area contributed by atoms with Crippen molar-refractivity contribution in [1.82, 2.24) is 4.90 Å². The predicted octanol–water partition coefficient (Wildman–Crippen LogP) is 2.09. The van der Waals surface area contributed by atoms with Gasteiger partial charge in [-0.25, -0.2) is 9.18 Å². The molecule has 6 heteroatoms. The molecular weight excluding hydrogens is 277 g/mol. The average Bonchev–Trinajstić information content (AvgIpc) is 2.47. The second-order valence-electron chi connectivity index (χ2n) is 4.90. The van der Waals surface area contributed by atoms with Gasteiger partial charge in [-0.05, 0) is 38.3 Å². The minimum atomic E-state index is -0.798. The maximum Gasteiger partial charge on any atom is 0.328 e. The molecule has 0 saturated carbocycles. The Morgan fingerprint density at radius 3 is 2.86 bits per heavy atom. The van der Waals surface area contributed by atoms with E-state index < -0.39 is 35.0 Å². The highest BCUT2D eigenvalue weighted by Gasteiger charge is 2.35. The number of benzene rings is 1. The average molecular weight is 295 g/mol. The number of hydrogen-bond donors (Lipinski definition) is 1. The first-order valence-electron chi connectivity index (χ1n) is 7.01. The molecule has 2 rings (SSSR count). The van der Waals surface area contributed by atoms with Crippen LogP contribution in [-0.4, -0.2) is 41.1 Å². The minimum Gasteiger partial charge on any atom is -0.507 e. The lowest BCUT2D eigenvalue weighted by atomic mass is 10.0. The summed E-state index contributed by atoms with van der Waals surface area (Å²) in [6.07, 6.45) is 2.02. The van der Waals surface area contributed by atoms with E-state index in [1.165, 1.54) is 17.0 Å². The number of aromatic hydroxyl groups is 1. The fourth-order valence-electron chi connectivity index (χ4n) is 2.53. The van der Waals surface area contributed by atoms with Gasteiger partial charge in [0.05, 0.1) is 6.61 Å². The Morgan fingerprint density at radius 1 is 1.43 bits per heavy atom. The van der Waals surface area contributed by atoms with Crippen molar-refractivity contribution < 1.29 is 23.8 Å². The van der Waals surface area contributed by atoms with Gasteiger partial charge in [0.2, 0.25) is 0 Å². The molecule has 5 nitrogen and oxygen atoms in total. The van der Waals surface area contributed by atoms with Gasteiger partial charge in [-0.3, -0.25) is 4.79 Å². The van der Waals surface area contributed by atoms with Crippen molar-refractivity contribution in [1.29, 1.82) is 0 Å². The van der Waals surface area contributed by atoms with E-state index in [-0.39, 0.29) is 6.61 Å². The molecule has 0 bridgehead atoms. The predicted molar refractivity (Wildman–Crippen MR) is 73.4 cm³/mol. The molecule has 1 aliphatic rings. The maximum atomic E-state index is 13.8. The summed E-state index contributed by atoms with van der Waals surface area (Å²) in [6.45, 7) is 2.26. The normalized spacial score (nSPS) is 18.4. The summed E-state index contributed by atoms with van der Waals surface area (Å²) in [4.78, 5) is 25.7. The highest BCUT2D eigenvalue weighted by molar-refractivity contribution is 5.99. The summed E-state index contributed by atoms with van der Waals surface area (Å²) in [5.41, 5.74) is -0.395. The number of carbonyl (C=O) groups is 2. The molecule has 1 atom stereocenters. The molecule has 1 unspecified atom stereocenters. The summed E-state index contributed by atoms with van der Waals surface area (Å²) in [5.74, 6) is -2.38. The molecule has 0 aliphatic carbocycles. The highest BCUT2D eigenvalue weighted by Crippen LogP contribution is 2.26. The number of piperidine rings is 1. The van der Waals surface area contributed by atoms with Crippen molar-refractivity contribution in [3.05, 3.63) is 29.6 Å². The fourth-order valence-corrected chi connectivity index (χ4v) is 2.53. The number of rotatable bonds is 3. The molecule has 0 aromatic heterocycles. The van der Waals surface area contributed by atoms with Gasteiger partial charge in [0.15, 0.2) is 0 Å². The van der Waals surface area contributed by atoms with Crippen LogP contribution >= 0.6 is 0 Å². The highest BCUT2D eigenvalue weighted by atomic mass is 19.1. The Balaban J connectivity index is 2.29. The van der Waals surface area contributed by atoms with Crippen LogP contribution < -0.4 is 0 Å². The van der Waals surface area contributed by atoms with E-state index in [1.54, 1.807) is 6.92 Å². The number of amides is 1. The van der Waals surface area contributed by atoms with Crippen molar-refractivity contribution in [3.8, 4) is 5.75 Å². The van der Waals surface area contributed by atoms with Gasteiger partial charge in [0.25, 0.3) is 5.91 Å². The number of likely N-dealkylation sites (tertiary alicyclic amines) is 1. The van der Waals surface area contributed by atoms with Crippen LogP contribution in [-0.2, 0) is 9.53 Å². The Bertz CT molecular complexity index is 526. The third-order valence-corrected chi connectivity index (χ3v) is 3.53.